The minimum atomic E-state index is -0.159. The Morgan fingerprint density at radius 1 is 1.24 bits per heavy atom. The lowest BCUT2D eigenvalue weighted by molar-refractivity contribution is -0.144. The highest BCUT2D eigenvalue weighted by Crippen LogP contribution is 2.12. The summed E-state index contributed by atoms with van der Waals surface area (Å²) in [5.74, 6) is 0.566. The molecule has 0 saturated carbocycles. The number of carbonyl (C=O) groups is 1. The van der Waals surface area contributed by atoms with Gasteiger partial charge in [-0.25, -0.2) is 0 Å². The van der Waals surface area contributed by atoms with Crippen LogP contribution in [0.2, 0.25) is 0 Å². The Labute approximate surface area is 102 Å². The molecule has 0 saturated heterocycles. The first-order valence-electron chi connectivity index (χ1n) is 5.86. The fourth-order valence-corrected chi connectivity index (χ4v) is 1.27. The second kappa shape index (κ2) is 7.54. The van der Waals surface area contributed by atoms with Crippen LogP contribution in [0.3, 0.4) is 0 Å². The summed E-state index contributed by atoms with van der Waals surface area (Å²) in [7, 11) is 0. The van der Waals surface area contributed by atoms with Gasteiger partial charge in [0.2, 0.25) is 0 Å². The van der Waals surface area contributed by atoms with Gasteiger partial charge in [0, 0.05) is 12.1 Å². The monoisotopic (exact) mass is 237 g/mol. The minimum absolute atomic E-state index is 0.159. The lowest BCUT2D eigenvalue weighted by Gasteiger charge is -2.07. The molecule has 0 atom stereocenters. The van der Waals surface area contributed by atoms with Crippen molar-refractivity contribution >= 4 is 11.7 Å². The molecule has 0 unspecified atom stereocenters. The van der Waals surface area contributed by atoms with Gasteiger partial charge in [0.25, 0.3) is 0 Å². The van der Waals surface area contributed by atoms with Gasteiger partial charge in [-0.3, -0.25) is 4.79 Å². The predicted molar refractivity (Wildman–Crippen MR) is 66.8 cm³/mol. The molecular weight excluding hydrogens is 218 g/mol. The van der Waals surface area contributed by atoms with Crippen molar-refractivity contribution in [2.24, 2.45) is 0 Å². The molecule has 1 rings (SSSR count). The summed E-state index contributed by atoms with van der Waals surface area (Å²) in [5.41, 5.74) is 6.24. The predicted octanol–water partition coefficient (Wildman–Crippen LogP) is 2.38. The summed E-state index contributed by atoms with van der Waals surface area (Å²) in [6.45, 7) is 2.69. The number of nitrogens with two attached hydrogens (primary N) is 1. The summed E-state index contributed by atoms with van der Waals surface area (Å²) in [4.78, 5) is 11.2. The van der Waals surface area contributed by atoms with Gasteiger partial charge in [-0.05, 0) is 30.7 Å². The van der Waals surface area contributed by atoms with Crippen molar-refractivity contribution < 1.29 is 14.3 Å². The van der Waals surface area contributed by atoms with Gasteiger partial charge in [0.05, 0.1) is 0 Å². The first-order valence-corrected chi connectivity index (χ1v) is 5.86. The van der Waals surface area contributed by atoms with Crippen LogP contribution in [-0.2, 0) is 9.53 Å². The number of unbranched alkanes of at least 4 members (excludes halogenated alkanes) is 1. The summed E-state index contributed by atoms with van der Waals surface area (Å²) in [6, 6.07) is 7.10. The lowest BCUT2D eigenvalue weighted by Crippen LogP contribution is -2.11. The summed E-state index contributed by atoms with van der Waals surface area (Å²) in [6.07, 6.45) is 2.35. The second-order valence-electron chi connectivity index (χ2n) is 3.74. The molecule has 0 aliphatic heterocycles. The van der Waals surface area contributed by atoms with Crippen LogP contribution >= 0.6 is 0 Å². The van der Waals surface area contributed by atoms with Gasteiger partial charge < -0.3 is 15.2 Å². The van der Waals surface area contributed by atoms with Crippen LogP contribution in [-0.4, -0.2) is 19.2 Å². The Hall–Kier alpha value is -1.71. The van der Waals surface area contributed by atoms with Crippen molar-refractivity contribution in [2.75, 3.05) is 18.9 Å². The van der Waals surface area contributed by atoms with Crippen LogP contribution in [0.1, 0.15) is 26.2 Å². The first kappa shape index (κ1) is 13.4. The molecule has 0 amide bonds. The van der Waals surface area contributed by atoms with Gasteiger partial charge >= 0.3 is 5.97 Å². The van der Waals surface area contributed by atoms with Gasteiger partial charge in [0.1, 0.15) is 19.0 Å². The fraction of sp³-hybridized carbons (Fsp3) is 0.462. The van der Waals surface area contributed by atoms with Crippen molar-refractivity contribution in [1.29, 1.82) is 0 Å². The van der Waals surface area contributed by atoms with Crippen LogP contribution in [0.15, 0.2) is 24.3 Å². The van der Waals surface area contributed by atoms with Crippen LogP contribution in [0.4, 0.5) is 5.69 Å². The highest BCUT2D eigenvalue weighted by atomic mass is 16.6. The number of rotatable bonds is 7. The average Bonchev–Trinajstić information content (AvgIpc) is 2.34. The standard InChI is InChI=1S/C13H19NO3/c1-2-3-4-13(15)17-10-9-16-12-7-5-11(14)6-8-12/h5-8H,2-4,9-10,14H2,1H3. The highest BCUT2D eigenvalue weighted by molar-refractivity contribution is 5.69. The van der Waals surface area contributed by atoms with Crippen LogP contribution in [0, 0.1) is 0 Å². The van der Waals surface area contributed by atoms with Gasteiger partial charge in [-0.2, -0.15) is 0 Å². The number of ether oxygens (including phenoxy) is 2. The van der Waals surface area contributed by atoms with E-state index in [0.29, 0.717) is 18.7 Å². The molecule has 94 valence electrons. The van der Waals surface area contributed by atoms with Crippen molar-refractivity contribution in [3.63, 3.8) is 0 Å². The number of hydrogen-bond acceptors (Lipinski definition) is 4. The Kier molecular flexibility index (Phi) is 5.93. The van der Waals surface area contributed by atoms with Crippen molar-refractivity contribution in [2.45, 2.75) is 26.2 Å². The maximum atomic E-state index is 11.2. The van der Waals surface area contributed by atoms with Crippen molar-refractivity contribution in [3.05, 3.63) is 24.3 Å². The Bertz CT molecular complexity index is 335. The zero-order valence-corrected chi connectivity index (χ0v) is 10.1. The third kappa shape index (κ3) is 5.80. The molecule has 0 spiro atoms. The topological polar surface area (TPSA) is 61.5 Å². The second-order valence-corrected chi connectivity index (χ2v) is 3.74. The number of anilines is 1. The fourth-order valence-electron chi connectivity index (χ4n) is 1.27. The third-order valence-electron chi connectivity index (χ3n) is 2.23. The number of nitrogen functional groups attached to an aromatic ring is 1. The smallest absolute Gasteiger partial charge is 0.305 e. The Morgan fingerprint density at radius 3 is 2.59 bits per heavy atom. The number of hydrogen-bond donors (Lipinski definition) is 1. The molecule has 0 heterocycles. The molecule has 4 nitrogen and oxygen atoms in total. The first-order chi connectivity index (χ1) is 8.22. The van der Waals surface area contributed by atoms with Gasteiger partial charge in [-0.15, -0.1) is 0 Å². The maximum Gasteiger partial charge on any atom is 0.305 e. The summed E-state index contributed by atoms with van der Waals surface area (Å²) in [5, 5.41) is 0. The van der Waals surface area contributed by atoms with E-state index in [0.717, 1.165) is 18.6 Å². The van der Waals surface area contributed by atoms with E-state index < -0.39 is 0 Å². The number of carbonyl (C=O) groups excluding carboxylic acids is 1. The van der Waals surface area contributed by atoms with Crippen molar-refractivity contribution in [1.82, 2.24) is 0 Å². The normalized spacial score (nSPS) is 9.94. The van der Waals surface area contributed by atoms with E-state index in [-0.39, 0.29) is 12.6 Å². The zero-order valence-electron chi connectivity index (χ0n) is 10.1. The third-order valence-corrected chi connectivity index (χ3v) is 2.23. The maximum absolute atomic E-state index is 11.2. The molecule has 4 heteroatoms. The number of benzene rings is 1. The number of esters is 1. The Morgan fingerprint density at radius 2 is 1.94 bits per heavy atom. The summed E-state index contributed by atoms with van der Waals surface area (Å²) < 4.78 is 10.4. The van der Waals surface area contributed by atoms with E-state index >= 15 is 0 Å². The van der Waals surface area contributed by atoms with E-state index in [4.69, 9.17) is 15.2 Å². The van der Waals surface area contributed by atoms with E-state index in [1.807, 2.05) is 6.92 Å². The molecule has 0 radical (unpaired) electrons. The molecule has 0 bridgehead atoms. The Balaban J connectivity index is 2.11. The molecule has 1 aromatic carbocycles. The average molecular weight is 237 g/mol. The zero-order chi connectivity index (χ0) is 12.5. The summed E-state index contributed by atoms with van der Waals surface area (Å²) >= 11 is 0. The SMILES string of the molecule is CCCCC(=O)OCCOc1ccc(N)cc1. The lowest BCUT2D eigenvalue weighted by atomic mass is 10.2. The minimum Gasteiger partial charge on any atom is -0.490 e. The highest BCUT2D eigenvalue weighted by Gasteiger charge is 2.01. The van der Waals surface area contributed by atoms with Gasteiger partial charge in [0.15, 0.2) is 0 Å². The van der Waals surface area contributed by atoms with E-state index in [1.165, 1.54) is 0 Å². The van der Waals surface area contributed by atoms with Crippen LogP contribution in [0.5, 0.6) is 5.75 Å². The molecule has 0 aromatic heterocycles. The molecular formula is C13H19NO3. The molecule has 1 aromatic rings. The molecule has 0 fully saturated rings. The quantitative estimate of drug-likeness (QED) is 0.449. The van der Waals surface area contributed by atoms with Crippen LogP contribution < -0.4 is 10.5 Å². The van der Waals surface area contributed by atoms with E-state index in [1.54, 1.807) is 24.3 Å². The molecule has 17 heavy (non-hydrogen) atoms. The van der Waals surface area contributed by atoms with Crippen LogP contribution in [0.25, 0.3) is 0 Å². The molecule has 2 N–H and O–H groups in total. The van der Waals surface area contributed by atoms with Gasteiger partial charge in [-0.1, -0.05) is 13.3 Å². The largest absolute Gasteiger partial charge is 0.490 e. The van der Waals surface area contributed by atoms with Crippen molar-refractivity contribution in [3.8, 4) is 5.75 Å². The molecule has 0 aliphatic rings. The van der Waals surface area contributed by atoms with E-state index in [2.05, 4.69) is 0 Å². The molecule has 0 aliphatic carbocycles. The van der Waals surface area contributed by atoms with E-state index in [9.17, 15) is 4.79 Å².